The molecule has 1 aromatic carbocycles. The Labute approximate surface area is 120 Å². The Kier molecular flexibility index (Phi) is 7.17. The van der Waals surface area contributed by atoms with Crippen molar-refractivity contribution in [2.45, 2.75) is 0 Å². The van der Waals surface area contributed by atoms with Gasteiger partial charge in [0.15, 0.2) is 0 Å². The molecular weight excluding hydrogens is 314 g/mol. The summed E-state index contributed by atoms with van der Waals surface area (Å²) < 4.78 is 10.9. The number of hydroxylamine groups is 1. The van der Waals surface area contributed by atoms with E-state index in [4.69, 9.17) is 14.3 Å². The lowest BCUT2D eigenvalue weighted by Gasteiger charge is -2.05. The zero-order valence-corrected chi connectivity index (χ0v) is 12.4. The van der Waals surface area contributed by atoms with Crippen molar-refractivity contribution in [3.05, 3.63) is 34.3 Å². The van der Waals surface area contributed by atoms with Gasteiger partial charge in [-0.1, -0.05) is 15.9 Å². The fraction of sp³-hybridized carbons (Fsp3) is 0.308. The van der Waals surface area contributed by atoms with Gasteiger partial charge >= 0.3 is 0 Å². The number of ether oxygens (including phenoxy) is 2. The fourth-order valence-electron chi connectivity index (χ4n) is 1.28. The average Bonchev–Trinajstić information content (AvgIpc) is 2.41. The van der Waals surface area contributed by atoms with Gasteiger partial charge in [0.25, 0.3) is 5.91 Å². The second-order valence-corrected chi connectivity index (χ2v) is 4.44. The van der Waals surface area contributed by atoms with Crippen LogP contribution in [-0.2, 0) is 14.4 Å². The summed E-state index contributed by atoms with van der Waals surface area (Å²) in [6.45, 7) is 0.722. The smallest absolute Gasteiger partial charge is 0.267 e. The second kappa shape index (κ2) is 8.68. The van der Waals surface area contributed by atoms with Crippen LogP contribution in [0.3, 0.4) is 0 Å². The number of amides is 1. The Bertz CT molecular complexity index is 448. The molecule has 104 valence electrons. The van der Waals surface area contributed by atoms with Gasteiger partial charge in [0.1, 0.15) is 5.75 Å². The Hall–Kier alpha value is -1.37. The van der Waals surface area contributed by atoms with Crippen molar-refractivity contribution in [2.75, 3.05) is 27.4 Å². The van der Waals surface area contributed by atoms with Crippen LogP contribution < -0.4 is 10.2 Å². The molecule has 0 aliphatic rings. The average molecular weight is 330 g/mol. The van der Waals surface area contributed by atoms with Crippen LogP contribution in [0.1, 0.15) is 5.56 Å². The van der Waals surface area contributed by atoms with Crippen LogP contribution in [0.5, 0.6) is 5.75 Å². The van der Waals surface area contributed by atoms with E-state index in [1.165, 1.54) is 6.08 Å². The normalized spacial score (nSPS) is 10.7. The first-order valence-corrected chi connectivity index (χ1v) is 6.39. The summed E-state index contributed by atoms with van der Waals surface area (Å²) in [6.07, 6.45) is 3.02. The molecule has 0 aliphatic heterocycles. The fourth-order valence-corrected chi connectivity index (χ4v) is 1.66. The van der Waals surface area contributed by atoms with Gasteiger partial charge < -0.3 is 9.47 Å². The van der Waals surface area contributed by atoms with E-state index in [0.717, 1.165) is 10.0 Å². The van der Waals surface area contributed by atoms with E-state index in [1.807, 2.05) is 18.2 Å². The molecule has 6 heteroatoms. The van der Waals surface area contributed by atoms with Crippen molar-refractivity contribution in [2.24, 2.45) is 0 Å². The van der Waals surface area contributed by atoms with Crippen molar-refractivity contribution in [3.63, 3.8) is 0 Å². The van der Waals surface area contributed by atoms with Gasteiger partial charge in [-0.3, -0.25) is 9.63 Å². The number of hydrogen-bond donors (Lipinski definition) is 1. The topological polar surface area (TPSA) is 56.8 Å². The maximum absolute atomic E-state index is 11.4. The Balaban J connectivity index is 2.55. The van der Waals surface area contributed by atoms with Gasteiger partial charge in [-0.15, -0.1) is 0 Å². The zero-order valence-electron chi connectivity index (χ0n) is 10.8. The van der Waals surface area contributed by atoms with Gasteiger partial charge in [-0.25, -0.2) is 5.48 Å². The van der Waals surface area contributed by atoms with E-state index in [0.29, 0.717) is 19.0 Å². The molecule has 0 aliphatic carbocycles. The molecule has 0 bridgehead atoms. The number of methoxy groups -OCH3 is 2. The van der Waals surface area contributed by atoms with Gasteiger partial charge in [-0.05, 0) is 24.3 Å². The van der Waals surface area contributed by atoms with E-state index in [1.54, 1.807) is 20.3 Å². The summed E-state index contributed by atoms with van der Waals surface area (Å²) in [7, 11) is 3.14. The Morgan fingerprint density at radius 2 is 2.16 bits per heavy atom. The van der Waals surface area contributed by atoms with Gasteiger partial charge in [0, 0.05) is 23.2 Å². The second-order valence-electron chi connectivity index (χ2n) is 3.53. The first-order valence-electron chi connectivity index (χ1n) is 5.59. The molecule has 0 aromatic heterocycles. The molecule has 0 atom stereocenters. The summed E-state index contributed by atoms with van der Waals surface area (Å²) in [4.78, 5) is 16.3. The van der Waals surface area contributed by atoms with E-state index >= 15 is 0 Å². The minimum Gasteiger partial charge on any atom is -0.496 e. The molecule has 0 unspecified atom stereocenters. The summed E-state index contributed by atoms with van der Waals surface area (Å²) >= 11 is 3.36. The molecule has 0 radical (unpaired) electrons. The van der Waals surface area contributed by atoms with Crippen LogP contribution in [0.2, 0.25) is 0 Å². The summed E-state index contributed by atoms with van der Waals surface area (Å²) in [5.41, 5.74) is 3.08. The number of hydrogen-bond acceptors (Lipinski definition) is 4. The lowest BCUT2D eigenvalue weighted by molar-refractivity contribution is -0.129. The molecule has 1 rings (SSSR count). The third-order valence-corrected chi connectivity index (χ3v) is 2.66. The predicted octanol–water partition coefficient (Wildman–Crippen LogP) is 2.17. The quantitative estimate of drug-likeness (QED) is 0.473. The first-order chi connectivity index (χ1) is 9.17. The molecule has 0 heterocycles. The third kappa shape index (κ3) is 5.87. The van der Waals surface area contributed by atoms with Crippen molar-refractivity contribution in [1.82, 2.24) is 5.48 Å². The number of rotatable bonds is 7. The molecule has 19 heavy (non-hydrogen) atoms. The van der Waals surface area contributed by atoms with Crippen molar-refractivity contribution in [1.29, 1.82) is 0 Å². The van der Waals surface area contributed by atoms with E-state index in [9.17, 15) is 4.79 Å². The van der Waals surface area contributed by atoms with Gasteiger partial charge in [0.2, 0.25) is 0 Å². The predicted molar refractivity (Wildman–Crippen MR) is 75.7 cm³/mol. The summed E-state index contributed by atoms with van der Waals surface area (Å²) in [6, 6.07) is 5.54. The minimum absolute atomic E-state index is 0.302. The molecule has 0 fully saturated rings. The third-order valence-electron chi connectivity index (χ3n) is 2.17. The van der Waals surface area contributed by atoms with Gasteiger partial charge in [-0.2, -0.15) is 0 Å². The maximum Gasteiger partial charge on any atom is 0.267 e. The molecule has 0 saturated carbocycles. The highest BCUT2D eigenvalue weighted by molar-refractivity contribution is 9.10. The van der Waals surface area contributed by atoms with E-state index < -0.39 is 0 Å². The number of halogens is 1. The van der Waals surface area contributed by atoms with E-state index in [-0.39, 0.29) is 5.91 Å². The number of nitrogens with one attached hydrogen (secondary N) is 1. The Morgan fingerprint density at radius 1 is 1.37 bits per heavy atom. The van der Waals surface area contributed by atoms with Crippen LogP contribution >= 0.6 is 15.9 Å². The van der Waals surface area contributed by atoms with E-state index in [2.05, 4.69) is 21.4 Å². The summed E-state index contributed by atoms with van der Waals surface area (Å²) in [5.74, 6) is 0.339. The molecule has 5 nitrogen and oxygen atoms in total. The first kappa shape index (κ1) is 15.7. The number of carbonyl (C=O) groups excluding carboxylic acids is 1. The molecule has 1 N–H and O–H groups in total. The van der Waals surface area contributed by atoms with Gasteiger partial charge in [0.05, 0.1) is 20.3 Å². The molecule has 0 saturated heterocycles. The van der Waals surface area contributed by atoms with Crippen molar-refractivity contribution >= 4 is 27.9 Å². The SMILES string of the molecule is COCCONC(=O)/C=C/c1cc(Br)ccc1OC. The highest BCUT2D eigenvalue weighted by Gasteiger charge is 2.01. The standard InChI is InChI=1S/C13H16BrNO4/c1-17-7-8-19-15-13(16)6-3-10-9-11(14)4-5-12(10)18-2/h3-6,9H,7-8H2,1-2H3,(H,15,16)/b6-3+. The molecule has 0 spiro atoms. The minimum atomic E-state index is -0.349. The number of benzene rings is 1. The monoisotopic (exact) mass is 329 g/mol. The largest absolute Gasteiger partial charge is 0.496 e. The van der Waals surface area contributed by atoms with Crippen LogP contribution in [-0.4, -0.2) is 33.3 Å². The van der Waals surface area contributed by atoms with Crippen molar-refractivity contribution < 1.29 is 19.1 Å². The maximum atomic E-state index is 11.4. The Morgan fingerprint density at radius 3 is 2.84 bits per heavy atom. The zero-order chi connectivity index (χ0) is 14.1. The molecular formula is C13H16BrNO4. The van der Waals surface area contributed by atoms with Crippen LogP contribution in [0.15, 0.2) is 28.7 Å². The molecule has 1 amide bonds. The highest BCUT2D eigenvalue weighted by atomic mass is 79.9. The van der Waals surface area contributed by atoms with Crippen molar-refractivity contribution in [3.8, 4) is 5.75 Å². The lowest BCUT2D eigenvalue weighted by atomic mass is 10.2. The van der Waals surface area contributed by atoms with Crippen LogP contribution in [0.4, 0.5) is 0 Å². The lowest BCUT2D eigenvalue weighted by Crippen LogP contribution is -2.23. The number of carbonyl (C=O) groups is 1. The van der Waals surface area contributed by atoms with Crippen LogP contribution in [0.25, 0.3) is 6.08 Å². The highest BCUT2D eigenvalue weighted by Crippen LogP contribution is 2.23. The van der Waals surface area contributed by atoms with Crippen LogP contribution in [0, 0.1) is 0 Å². The molecule has 1 aromatic rings. The summed E-state index contributed by atoms with van der Waals surface area (Å²) in [5, 5.41) is 0.